The van der Waals surface area contributed by atoms with Gasteiger partial charge in [-0.1, -0.05) is 35.9 Å². The van der Waals surface area contributed by atoms with Crippen molar-refractivity contribution in [3.63, 3.8) is 0 Å². The van der Waals surface area contributed by atoms with Crippen LogP contribution in [0.15, 0.2) is 53.6 Å². The average molecular weight is 405 g/mol. The fourth-order valence-electron chi connectivity index (χ4n) is 5.33. The minimum atomic E-state index is -0.687. The molecule has 30 heavy (non-hydrogen) atoms. The van der Waals surface area contributed by atoms with Crippen LogP contribution in [0.1, 0.15) is 18.1 Å². The Balaban J connectivity index is 1.59. The van der Waals surface area contributed by atoms with Gasteiger partial charge < -0.3 is 10.0 Å². The number of hydrogen-bond donors (Lipinski definition) is 1. The molecule has 1 spiro atoms. The largest absolute Gasteiger partial charge is 0.395 e. The second kappa shape index (κ2) is 7.22. The Morgan fingerprint density at radius 2 is 1.87 bits per heavy atom. The van der Waals surface area contributed by atoms with E-state index in [0.29, 0.717) is 13.0 Å². The molecule has 156 valence electrons. The molecular weight excluding hydrogens is 376 g/mol. The normalized spacial score (nSPS) is 26.0. The number of aryl methyl sites for hydroxylation is 1. The second-order valence-electron chi connectivity index (χ2n) is 8.65. The molecule has 5 rings (SSSR count). The highest BCUT2D eigenvalue weighted by Gasteiger charge is 2.59. The van der Waals surface area contributed by atoms with E-state index in [-0.39, 0.29) is 18.6 Å². The first-order valence-corrected chi connectivity index (χ1v) is 10.7. The predicted octanol–water partition coefficient (Wildman–Crippen LogP) is 2.44. The SMILES string of the molecule is CC1=NN(c2ccc(C)cc2)C(=O)[C@]12Cc1ccccc1N1CCN(CCO)C[C@H]12. The number of nitrogens with zero attached hydrogens (tertiary/aromatic N) is 4. The zero-order valence-electron chi connectivity index (χ0n) is 17.6. The lowest BCUT2D eigenvalue weighted by Crippen LogP contribution is -2.67. The van der Waals surface area contributed by atoms with Gasteiger partial charge in [0.15, 0.2) is 0 Å². The average Bonchev–Trinajstić information content (AvgIpc) is 3.00. The summed E-state index contributed by atoms with van der Waals surface area (Å²) >= 11 is 0. The standard InChI is InChI=1S/C24H28N4O2/c1-17-7-9-20(10-8-17)28-23(30)24(18(2)25-28)15-19-5-3-4-6-21(19)27-12-11-26(13-14-29)16-22(24)27/h3-10,22,29H,11-16H2,1-2H3/t22-,24+/m0/s1. The van der Waals surface area contributed by atoms with Crippen LogP contribution < -0.4 is 9.91 Å². The van der Waals surface area contributed by atoms with E-state index in [0.717, 1.165) is 36.6 Å². The van der Waals surface area contributed by atoms with Gasteiger partial charge in [0.05, 0.1) is 24.0 Å². The molecule has 0 unspecified atom stereocenters. The number of carbonyl (C=O) groups is 1. The number of hydrogen-bond acceptors (Lipinski definition) is 5. The molecule has 0 saturated carbocycles. The summed E-state index contributed by atoms with van der Waals surface area (Å²) < 4.78 is 0. The van der Waals surface area contributed by atoms with E-state index in [4.69, 9.17) is 5.10 Å². The molecule has 1 N–H and O–H groups in total. The lowest BCUT2D eigenvalue weighted by Gasteiger charge is -2.53. The molecule has 6 nitrogen and oxygen atoms in total. The quantitative estimate of drug-likeness (QED) is 0.854. The third-order valence-corrected chi connectivity index (χ3v) is 6.97. The lowest BCUT2D eigenvalue weighted by atomic mass is 9.67. The fourth-order valence-corrected chi connectivity index (χ4v) is 5.33. The summed E-state index contributed by atoms with van der Waals surface area (Å²) in [4.78, 5) is 18.7. The van der Waals surface area contributed by atoms with Crippen molar-refractivity contribution in [1.82, 2.24) is 4.90 Å². The van der Waals surface area contributed by atoms with Crippen molar-refractivity contribution in [2.24, 2.45) is 10.5 Å². The van der Waals surface area contributed by atoms with Crippen LogP contribution in [0.25, 0.3) is 0 Å². The number of rotatable bonds is 3. The highest BCUT2D eigenvalue weighted by atomic mass is 16.3. The van der Waals surface area contributed by atoms with E-state index < -0.39 is 5.41 Å². The first-order valence-electron chi connectivity index (χ1n) is 10.7. The third kappa shape index (κ3) is 2.78. The van der Waals surface area contributed by atoms with E-state index in [1.165, 1.54) is 11.3 Å². The van der Waals surface area contributed by atoms with Gasteiger partial charge in [-0.05, 0) is 44.0 Å². The Kier molecular flexibility index (Phi) is 4.64. The monoisotopic (exact) mass is 404 g/mol. The molecule has 1 fully saturated rings. The fraction of sp³-hybridized carbons (Fsp3) is 0.417. The van der Waals surface area contributed by atoms with Gasteiger partial charge in [-0.25, -0.2) is 0 Å². The molecule has 0 aliphatic carbocycles. The molecular formula is C24H28N4O2. The van der Waals surface area contributed by atoms with Crippen LogP contribution in [-0.4, -0.2) is 60.5 Å². The van der Waals surface area contributed by atoms with Gasteiger partial charge in [-0.2, -0.15) is 10.1 Å². The van der Waals surface area contributed by atoms with Crippen LogP contribution in [0, 0.1) is 12.3 Å². The minimum Gasteiger partial charge on any atom is -0.395 e. The minimum absolute atomic E-state index is 0.000557. The molecule has 1 saturated heterocycles. The Morgan fingerprint density at radius 1 is 1.10 bits per heavy atom. The van der Waals surface area contributed by atoms with E-state index >= 15 is 0 Å². The number of carbonyl (C=O) groups excluding carboxylic acids is 1. The second-order valence-corrected chi connectivity index (χ2v) is 8.65. The van der Waals surface area contributed by atoms with Gasteiger partial charge >= 0.3 is 0 Å². The number of anilines is 2. The summed E-state index contributed by atoms with van der Waals surface area (Å²) in [6.07, 6.45) is 0.661. The number of aliphatic hydroxyl groups is 1. The maximum absolute atomic E-state index is 14.0. The van der Waals surface area contributed by atoms with E-state index in [9.17, 15) is 9.90 Å². The van der Waals surface area contributed by atoms with Gasteiger partial charge in [0.1, 0.15) is 5.41 Å². The van der Waals surface area contributed by atoms with Crippen molar-refractivity contribution in [3.05, 3.63) is 59.7 Å². The summed E-state index contributed by atoms with van der Waals surface area (Å²) in [5.41, 5.74) is 4.60. The Hall–Kier alpha value is -2.70. The van der Waals surface area contributed by atoms with E-state index in [2.05, 4.69) is 34.1 Å². The third-order valence-electron chi connectivity index (χ3n) is 6.97. The number of aliphatic hydroxyl groups excluding tert-OH is 1. The predicted molar refractivity (Wildman–Crippen MR) is 119 cm³/mol. The molecule has 6 heteroatoms. The Morgan fingerprint density at radius 3 is 2.63 bits per heavy atom. The van der Waals surface area contributed by atoms with Crippen molar-refractivity contribution < 1.29 is 9.90 Å². The van der Waals surface area contributed by atoms with Crippen molar-refractivity contribution in [3.8, 4) is 0 Å². The van der Waals surface area contributed by atoms with Gasteiger partial charge in [0.25, 0.3) is 5.91 Å². The molecule has 3 aliphatic heterocycles. The number of β-amino-alcohol motifs (C(OH)–C–C–N with tert-alkyl or cyclic N) is 1. The summed E-state index contributed by atoms with van der Waals surface area (Å²) in [6, 6.07) is 16.4. The molecule has 2 aromatic carbocycles. The topological polar surface area (TPSA) is 59.4 Å². The molecule has 1 amide bonds. The van der Waals surface area contributed by atoms with Crippen LogP contribution >= 0.6 is 0 Å². The molecule has 3 aliphatic rings. The Bertz CT molecular complexity index is 1000. The smallest absolute Gasteiger partial charge is 0.261 e. The van der Waals surface area contributed by atoms with E-state index in [1.54, 1.807) is 5.01 Å². The highest BCUT2D eigenvalue weighted by molar-refractivity contribution is 6.20. The van der Waals surface area contributed by atoms with Crippen LogP contribution in [-0.2, 0) is 11.2 Å². The molecule has 2 atom stereocenters. The molecule has 2 aromatic rings. The highest BCUT2D eigenvalue weighted by Crippen LogP contribution is 2.48. The maximum Gasteiger partial charge on any atom is 0.261 e. The number of para-hydroxylation sites is 1. The van der Waals surface area contributed by atoms with Gasteiger partial charge in [0, 0.05) is 31.9 Å². The van der Waals surface area contributed by atoms with Crippen molar-refractivity contribution >= 4 is 23.0 Å². The molecule has 3 heterocycles. The van der Waals surface area contributed by atoms with Crippen molar-refractivity contribution in [1.29, 1.82) is 0 Å². The summed E-state index contributed by atoms with van der Waals surface area (Å²) in [7, 11) is 0. The molecule has 0 radical (unpaired) electrons. The van der Waals surface area contributed by atoms with Gasteiger partial charge in [-0.3, -0.25) is 9.69 Å². The van der Waals surface area contributed by atoms with Crippen LogP contribution in [0.2, 0.25) is 0 Å². The van der Waals surface area contributed by atoms with Crippen LogP contribution in [0.5, 0.6) is 0 Å². The number of piperazine rings is 1. The van der Waals surface area contributed by atoms with Crippen molar-refractivity contribution in [2.75, 3.05) is 42.7 Å². The maximum atomic E-state index is 14.0. The number of amides is 1. The van der Waals surface area contributed by atoms with Crippen molar-refractivity contribution in [2.45, 2.75) is 26.3 Å². The first-order chi connectivity index (χ1) is 14.5. The van der Waals surface area contributed by atoms with Gasteiger partial charge in [0.2, 0.25) is 0 Å². The van der Waals surface area contributed by atoms with Crippen LogP contribution in [0.3, 0.4) is 0 Å². The number of hydrazone groups is 1. The number of benzene rings is 2. The van der Waals surface area contributed by atoms with Crippen LogP contribution in [0.4, 0.5) is 11.4 Å². The summed E-state index contributed by atoms with van der Waals surface area (Å²) in [5, 5.41) is 15.9. The zero-order valence-corrected chi connectivity index (χ0v) is 17.6. The molecule has 0 aromatic heterocycles. The number of fused-ring (bicyclic) bond motifs is 4. The van der Waals surface area contributed by atoms with Gasteiger partial charge in [-0.15, -0.1) is 0 Å². The summed E-state index contributed by atoms with van der Waals surface area (Å²) in [5.74, 6) is 0.0548. The Labute approximate surface area is 177 Å². The zero-order chi connectivity index (χ0) is 20.9. The lowest BCUT2D eigenvalue weighted by molar-refractivity contribution is -0.125. The van der Waals surface area contributed by atoms with E-state index in [1.807, 2.05) is 38.1 Å². The summed E-state index contributed by atoms with van der Waals surface area (Å²) in [6.45, 7) is 7.28. The first kappa shape index (κ1) is 19.3. The molecule has 0 bridgehead atoms.